The number of ether oxygens (including phenoxy) is 1. The van der Waals surface area contributed by atoms with Crippen LogP contribution in [0, 0.1) is 0 Å². The number of benzene rings is 1. The molecule has 1 aromatic carbocycles. The second-order valence-corrected chi connectivity index (χ2v) is 4.64. The Bertz CT molecular complexity index is 410. The predicted molar refractivity (Wildman–Crippen MR) is 64.3 cm³/mol. The first kappa shape index (κ1) is 11.5. The fourth-order valence-corrected chi connectivity index (χ4v) is 2.09. The van der Waals surface area contributed by atoms with E-state index >= 15 is 0 Å². The molecule has 1 atom stereocenters. The van der Waals surface area contributed by atoms with Crippen molar-refractivity contribution < 1.29 is 9.84 Å². The highest BCUT2D eigenvalue weighted by Gasteiger charge is 2.29. The van der Waals surface area contributed by atoms with Crippen LogP contribution >= 0.6 is 11.6 Å². The standard InChI is InChI=1S/C13H15ClO2/c1-13(15,11-5-3-7-16-9-11)10-4-2-6-12(14)8-10/h2,4,6,8-9,15H,3,5,7H2,1H3. The van der Waals surface area contributed by atoms with Gasteiger partial charge in [0, 0.05) is 5.02 Å². The van der Waals surface area contributed by atoms with Gasteiger partial charge in [-0.15, -0.1) is 0 Å². The molecule has 0 spiro atoms. The van der Waals surface area contributed by atoms with E-state index in [0.717, 1.165) is 30.6 Å². The second-order valence-electron chi connectivity index (χ2n) is 4.20. The van der Waals surface area contributed by atoms with Gasteiger partial charge in [-0.25, -0.2) is 0 Å². The summed E-state index contributed by atoms with van der Waals surface area (Å²) >= 11 is 5.93. The summed E-state index contributed by atoms with van der Waals surface area (Å²) in [7, 11) is 0. The summed E-state index contributed by atoms with van der Waals surface area (Å²) in [5.41, 5.74) is 0.712. The number of aliphatic hydroxyl groups is 1. The Kier molecular flexibility index (Phi) is 3.22. The Labute approximate surface area is 101 Å². The monoisotopic (exact) mass is 238 g/mol. The van der Waals surface area contributed by atoms with Gasteiger partial charge in [0.2, 0.25) is 0 Å². The van der Waals surface area contributed by atoms with Crippen LogP contribution in [-0.4, -0.2) is 11.7 Å². The van der Waals surface area contributed by atoms with E-state index in [1.165, 1.54) is 0 Å². The normalized spacial score (nSPS) is 19.6. The molecule has 0 fully saturated rings. The molecule has 1 unspecified atom stereocenters. The first-order valence-corrected chi connectivity index (χ1v) is 5.78. The van der Waals surface area contributed by atoms with Crippen molar-refractivity contribution in [3.8, 4) is 0 Å². The predicted octanol–water partition coefficient (Wildman–Crippen LogP) is 3.24. The molecule has 16 heavy (non-hydrogen) atoms. The van der Waals surface area contributed by atoms with Gasteiger partial charge in [-0.05, 0) is 43.0 Å². The van der Waals surface area contributed by atoms with Gasteiger partial charge in [0.1, 0.15) is 5.60 Å². The van der Waals surface area contributed by atoms with Gasteiger partial charge in [0.05, 0.1) is 12.9 Å². The summed E-state index contributed by atoms with van der Waals surface area (Å²) in [6.07, 6.45) is 3.48. The van der Waals surface area contributed by atoms with Gasteiger partial charge in [-0.1, -0.05) is 23.7 Å². The van der Waals surface area contributed by atoms with Crippen molar-refractivity contribution in [1.29, 1.82) is 0 Å². The lowest BCUT2D eigenvalue weighted by Crippen LogP contribution is -2.26. The number of halogens is 1. The maximum atomic E-state index is 10.5. The van der Waals surface area contributed by atoms with Crippen molar-refractivity contribution in [2.24, 2.45) is 0 Å². The molecule has 0 radical (unpaired) electrons. The minimum atomic E-state index is -0.995. The van der Waals surface area contributed by atoms with Gasteiger partial charge in [0.15, 0.2) is 0 Å². The van der Waals surface area contributed by atoms with Crippen molar-refractivity contribution in [3.05, 3.63) is 46.7 Å². The van der Waals surface area contributed by atoms with E-state index in [1.54, 1.807) is 25.3 Å². The van der Waals surface area contributed by atoms with Gasteiger partial charge < -0.3 is 9.84 Å². The first-order valence-electron chi connectivity index (χ1n) is 5.40. The quantitative estimate of drug-likeness (QED) is 0.857. The molecule has 0 aromatic heterocycles. The second kappa shape index (κ2) is 4.48. The summed E-state index contributed by atoms with van der Waals surface area (Å²) in [6, 6.07) is 7.31. The van der Waals surface area contributed by atoms with Crippen molar-refractivity contribution in [2.75, 3.05) is 6.61 Å². The molecule has 0 saturated carbocycles. The van der Waals surface area contributed by atoms with E-state index in [0.29, 0.717) is 5.02 Å². The average molecular weight is 239 g/mol. The molecule has 1 aliphatic heterocycles. The Morgan fingerprint density at radius 3 is 2.88 bits per heavy atom. The molecule has 0 saturated heterocycles. The number of hydrogen-bond donors (Lipinski definition) is 1. The topological polar surface area (TPSA) is 29.5 Å². The molecule has 1 N–H and O–H groups in total. The van der Waals surface area contributed by atoms with Crippen LogP contribution in [0.4, 0.5) is 0 Å². The van der Waals surface area contributed by atoms with E-state index in [2.05, 4.69) is 0 Å². The minimum Gasteiger partial charge on any atom is -0.501 e. The number of hydrogen-bond acceptors (Lipinski definition) is 2. The zero-order valence-corrected chi connectivity index (χ0v) is 10.00. The van der Waals surface area contributed by atoms with Crippen LogP contribution < -0.4 is 0 Å². The van der Waals surface area contributed by atoms with Crippen LogP contribution in [0.5, 0.6) is 0 Å². The molecule has 3 heteroatoms. The van der Waals surface area contributed by atoms with Gasteiger partial charge in [0.25, 0.3) is 0 Å². The summed E-state index contributed by atoms with van der Waals surface area (Å²) < 4.78 is 5.27. The zero-order valence-electron chi connectivity index (χ0n) is 9.24. The average Bonchev–Trinajstić information content (AvgIpc) is 2.30. The fraction of sp³-hybridized carbons (Fsp3) is 0.385. The Morgan fingerprint density at radius 2 is 2.25 bits per heavy atom. The smallest absolute Gasteiger partial charge is 0.111 e. The van der Waals surface area contributed by atoms with E-state index < -0.39 is 5.60 Å². The molecular weight excluding hydrogens is 224 g/mol. The Hall–Kier alpha value is -0.990. The van der Waals surface area contributed by atoms with Crippen molar-refractivity contribution >= 4 is 11.6 Å². The Morgan fingerprint density at radius 1 is 1.44 bits per heavy atom. The van der Waals surface area contributed by atoms with Crippen LogP contribution in [0.1, 0.15) is 25.3 Å². The Balaban J connectivity index is 2.33. The molecule has 2 rings (SSSR count). The highest BCUT2D eigenvalue weighted by atomic mass is 35.5. The van der Waals surface area contributed by atoms with Gasteiger partial charge in [-0.2, -0.15) is 0 Å². The van der Waals surface area contributed by atoms with Crippen LogP contribution in [0.25, 0.3) is 0 Å². The lowest BCUT2D eigenvalue weighted by atomic mass is 9.85. The number of rotatable bonds is 2. The molecule has 1 aliphatic rings. The summed E-state index contributed by atoms with van der Waals surface area (Å²) in [5.74, 6) is 0. The van der Waals surface area contributed by atoms with E-state index in [4.69, 9.17) is 16.3 Å². The fourth-order valence-electron chi connectivity index (χ4n) is 1.90. The summed E-state index contributed by atoms with van der Waals surface area (Å²) in [4.78, 5) is 0. The molecule has 2 nitrogen and oxygen atoms in total. The molecule has 0 amide bonds. The van der Waals surface area contributed by atoms with E-state index in [-0.39, 0.29) is 0 Å². The maximum Gasteiger partial charge on any atom is 0.111 e. The van der Waals surface area contributed by atoms with E-state index in [9.17, 15) is 5.11 Å². The largest absolute Gasteiger partial charge is 0.501 e. The van der Waals surface area contributed by atoms with Crippen molar-refractivity contribution in [3.63, 3.8) is 0 Å². The third-order valence-corrected chi connectivity index (χ3v) is 3.18. The lowest BCUT2D eigenvalue weighted by molar-refractivity contribution is 0.0786. The zero-order chi connectivity index (χ0) is 11.6. The summed E-state index contributed by atoms with van der Waals surface area (Å²) in [6.45, 7) is 2.51. The van der Waals surface area contributed by atoms with Crippen LogP contribution in [0.15, 0.2) is 36.1 Å². The third kappa shape index (κ3) is 2.23. The highest BCUT2D eigenvalue weighted by molar-refractivity contribution is 6.30. The molecular formula is C13H15ClO2. The minimum absolute atomic E-state index is 0.634. The van der Waals surface area contributed by atoms with E-state index in [1.807, 2.05) is 12.1 Å². The summed E-state index contributed by atoms with van der Waals surface area (Å²) in [5, 5.41) is 11.2. The highest BCUT2D eigenvalue weighted by Crippen LogP contribution is 2.34. The lowest BCUT2D eigenvalue weighted by Gasteiger charge is -2.29. The van der Waals surface area contributed by atoms with Crippen LogP contribution in [0.2, 0.25) is 5.02 Å². The first-order chi connectivity index (χ1) is 7.60. The SMILES string of the molecule is CC(O)(C1=COCCC1)c1cccc(Cl)c1. The van der Waals surface area contributed by atoms with Crippen LogP contribution in [-0.2, 0) is 10.3 Å². The molecule has 0 bridgehead atoms. The van der Waals surface area contributed by atoms with Gasteiger partial charge >= 0.3 is 0 Å². The molecule has 1 aromatic rings. The third-order valence-electron chi connectivity index (χ3n) is 2.95. The molecule has 0 aliphatic carbocycles. The molecule has 1 heterocycles. The maximum absolute atomic E-state index is 10.5. The van der Waals surface area contributed by atoms with Crippen molar-refractivity contribution in [2.45, 2.75) is 25.4 Å². The van der Waals surface area contributed by atoms with Crippen molar-refractivity contribution in [1.82, 2.24) is 0 Å². The van der Waals surface area contributed by atoms with Crippen LogP contribution in [0.3, 0.4) is 0 Å². The van der Waals surface area contributed by atoms with Gasteiger partial charge in [-0.3, -0.25) is 0 Å². The molecule has 86 valence electrons.